The van der Waals surface area contributed by atoms with Gasteiger partial charge in [0, 0.05) is 19.6 Å². The van der Waals surface area contributed by atoms with Crippen LogP contribution in [0.2, 0.25) is 0 Å². The fourth-order valence-corrected chi connectivity index (χ4v) is 3.70. The molecule has 0 amide bonds. The summed E-state index contributed by atoms with van der Waals surface area (Å²) in [6.07, 6.45) is 11.7. The van der Waals surface area contributed by atoms with Crippen molar-refractivity contribution in [1.29, 1.82) is 0 Å². The molecule has 2 nitrogen and oxygen atoms in total. The molecule has 19 heavy (non-hydrogen) atoms. The van der Waals surface area contributed by atoms with Gasteiger partial charge in [0.15, 0.2) is 0 Å². The molecule has 0 aromatic heterocycles. The van der Waals surface area contributed by atoms with Crippen LogP contribution in [0.1, 0.15) is 65.2 Å². The van der Waals surface area contributed by atoms with Gasteiger partial charge in [-0.15, -0.1) is 0 Å². The molecular weight excluding hydrogens is 232 g/mol. The molecular formula is C17H34N2. The van der Waals surface area contributed by atoms with Crippen molar-refractivity contribution >= 4 is 0 Å². The van der Waals surface area contributed by atoms with E-state index in [0.29, 0.717) is 5.41 Å². The van der Waals surface area contributed by atoms with Crippen LogP contribution in [0.5, 0.6) is 0 Å². The lowest BCUT2D eigenvalue weighted by Crippen LogP contribution is -2.44. The predicted molar refractivity (Wildman–Crippen MR) is 83.5 cm³/mol. The van der Waals surface area contributed by atoms with Gasteiger partial charge in [-0.3, -0.25) is 0 Å². The Labute approximate surface area is 120 Å². The number of rotatable bonds is 8. The van der Waals surface area contributed by atoms with Crippen molar-refractivity contribution in [3.8, 4) is 0 Å². The molecule has 0 aliphatic heterocycles. The van der Waals surface area contributed by atoms with Gasteiger partial charge in [-0.05, 0) is 50.1 Å². The van der Waals surface area contributed by atoms with Crippen molar-refractivity contribution in [3.05, 3.63) is 0 Å². The van der Waals surface area contributed by atoms with Crippen LogP contribution in [0.4, 0.5) is 0 Å². The third-order valence-electron chi connectivity index (χ3n) is 5.13. The summed E-state index contributed by atoms with van der Waals surface area (Å²) in [5.41, 5.74) is 0.567. The van der Waals surface area contributed by atoms with Crippen LogP contribution in [0.3, 0.4) is 0 Å². The molecule has 2 fully saturated rings. The van der Waals surface area contributed by atoms with E-state index in [1.807, 2.05) is 0 Å². The minimum atomic E-state index is 0.567. The van der Waals surface area contributed by atoms with Crippen LogP contribution in [0.25, 0.3) is 0 Å². The summed E-state index contributed by atoms with van der Waals surface area (Å²) in [4.78, 5) is 2.75. The van der Waals surface area contributed by atoms with Gasteiger partial charge in [0.1, 0.15) is 0 Å². The quantitative estimate of drug-likeness (QED) is 0.674. The fraction of sp³-hybridized carbons (Fsp3) is 1.00. The van der Waals surface area contributed by atoms with E-state index in [-0.39, 0.29) is 0 Å². The van der Waals surface area contributed by atoms with Crippen molar-refractivity contribution in [1.82, 2.24) is 10.2 Å². The van der Waals surface area contributed by atoms with Gasteiger partial charge in [-0.1, -0.05) is 39.5 Å². The van der Waals surface area contributed by atoms with E-state index in [1.165, 1.54) is 77.5 Å². The largest absolute Gasteiger partial charge is 0.316 e. The molecule has 2 rings (SSSR count). The standard InChI is InChI=1S/C17H34N2/c1-3-18-14-17(11-7-5-6-8-12-17)15-19(4-2)13-16-9-10-16/h16,18H,3-15H2,1-2H3. The van der Waals surface area contributed by atoms with Crippen LogP contribution in [-0.2, 0) is 0 Å². The van der Waals surface area contributed by atoms with Crippen molar-refractivity contribution in [2.24, 2.45) is 11.3 Å². The van der Waals surface area contributed by atoms with E-state index in [4.69, 9.17) is 0 Å². The zero-order chi connectivity index (χ0) is 13.6. The molecule has 0 unspecified atom stereocenters. The Bertz CT molecular complexity index is 240. The second-order valence-corrected chi connectivity index (χ2v) is 6.97. The molecule has 0 aromatic rings. The predicted octanol–water partition coefficient (Wildman–Crippen LogP) is 3.67. The fourth-order valence-electron chi connectivity index (χ4n) is 3.70. The second-order valence-electron chi connectivity index (χ2n) is 6.97. The Morgan fingerprint density at radius 2 is 1.74 bits per heavy atom. The smallest absolute Gasteiger partial charge is 0.00501 e. The van der Waals surface area contributed by atoms with Crippen molar-refractivity contribution < 1.29 is 0 Å². The van der Waals surface area contributed by atoms with Crippen LogP contribution < -0.4 is 5.32 Å². The average molecular weight is 266 g/mol. The van der Waals surface area contributed by atoms with Gasteiger partial charge in [-0.2, -0.15) is 0 Å². The second kappa shape index (κ2) is 7.64. The Hall–Kier alpha value is -0.0800. The Morgan fingerprint density at radius 3 is 2.26 bits per heavy atom. The van der Waals surface area contributed by atoms with E-state index < -0.39 is 0 Å². The van der Waals surface area contributed by atoms with Crippen LogP contribution in [0, 0.1) is 11.3 Å². The summed E-state index contributed by atoms with van der Waals surface area (Å²) in [5.74, 6) is 1.03. The molecule has 0 radical (unpaired) electrons. The third-order valence-corrected chi connectivity index (χ3v) is 5.13. The van der Waals surface area contributed by atoms with Crippen LogP contribution in [-0.4, -0.2) is 37.6 Å². The highest BCUT2D eigenvalue weighted by Gasteiger charge is 2.33. The summed E-state index contributed by atoms with van der Waals surface area (Å²) >= 11 is 0. The first-order valence-corrected chi connectivity index (χ1v) is 8.71. The number of hydrogen-bond donors (Lipinski definition) is 1. The van der Waals surface area contributed by atoms with E-state index in [2.05, 4.69) is 24.1 Å². The highest BCUT2D eigenvalue weighted by Crippen LogP contribution is 2.37. The molecule has 0 saturated heterocycles. The SMILES string of the molecule is CCNCC1(CN(CC)CC2CC2)CCCCCC1. The van der Waals surface area contributed by atoms with E-state index in [0.717, 1.165) is 12.5 Å². The van der Waals surface area contributed by atoms with Crippen LogP contribution >= 0.6 is 0 Å². The maximum Gasteiger partial charge on any atom is 0.00501 e. The molecule has 2 saturated carbocycles. The first kappa shape index (κ1) is 15.3. The lowest BCUT2D eigenvalue weighted by Gasteiger charge is -2.38. The normalized spacial score (nSPS) is 23.5. The Balaban J connectivity index is 1.93. The minimum Gasteiger partial charge on any atom is -0.316 e. The zero-order valence-electron chi connectivity index (χ0n) is 13.2. The first-order valence-electron chi connectivity index (χ1n) is 8.71. The van der Waals surface area contributed by atoms with Crippen molar-refractivity contribution in [2.75, 3.05) is 32.7 Å². The molecule has 2 aliphatic rings. The van der Waals surface area contributed by atoms with Gasteiger partial charge in [-0.25, -0.2) is 0 Å². The van der Waals surface area contributed by atoms with Gasteiger partial charge in [0.2, 0.25) is 0 Å². The lowest BCUT2D eigenvalue weighted by atomic mass is 9.79. The van der Waals surface area contributed by atoms with E-state index in [1.54, 1.807) is 0 Å². The molecule has 0 aromatic carbocycles. The minimum absolute atomic E-state index is 0.567. The maximum atomic E-state index is 3.66. The molecule has 0 heterocycles. The average Bonchev–Trinajstić information content (AvgIpc) is 3.24. The zero-order valence-corrected chi connectivity index (χ0v) is 13.2. The van der Waals surface area contributed by atoms with Gasteiger partial charge in [0.05, 0.1) is 0 Å². The molecule has 0 spiro atoms. The molecule has 2 heteroatoms. The number of nitrogens with zero attached hydrogens (tertiary/aromatic N) is 1. The topological polar surface area (TPSA) is 15.3 Å². The van der Waals surface area contributed by atoms with Gasteiger partial charge in [0.25, 0.3) is 0 Å². The monoisotopic (exact) mass is 266 g/mol. The van der Waals surface area contributed by atoms with E-state index in [9.17, 15) is 0 Å². The van der Waals surface area contributed by atoms with Crippen molar-refractivity contribution in [3.63, 3.8) is 0 Å². The molecule has 0 atom stereocenters. The van der Waals surface area contributed by atoms with Crippen molar-refractivity contribution in [2.45, 2.75) is 65.2 Å². The van der Waals surface area contributed by atoms with Gasteiger partial charge >= 0.3 is 0 Å². The van der Waals surface area contributed by atoms with Crippen LogP contribution in [0.15, 0.2) is 0 Å². The van der Waals surface area contributed by atoms with E-state index >= 15 is 0 Å². The molecule has 0 bridgehead atoms. The Kier molecular flexibility index (Phi) is 6.15. The molecule has 2 aliphatic carbocycles. The third kappa shape index (κ3) is 5.07. The summed E-state index contributed by atoms with van der Waals surface area (Å²) < 4.78 is 0. The Morgan fingerprint density at radius 1 is 1.05 bits per heavy atom. The maximum absolute atomic E-state index is 3.66. The summed E-state index contributed by atoms with van der Waals surface area (Å²) in [7, 11) is 0. The number of nitrogens with one attached hydrogen (secondary N) is 1. The highest BCUT2D eigenvalue weighted by molar-refractivity contribution is 4.88. The molecule has 1 N–H and O–H groups in total. The molecule has 112 valence electrons. The van der Waals surface area contributed by atoms with Gasteiger partial charge < -0.3 is 10.2 Å². The summed E-state index contributed by atoms with van der Waals surface area (Å²) in [6, 6.07) is 0. The number of hydrogen-bond acceptors (Lipinski definition) is 2. The lowest BCUT2D eigenvalue weighted by molar-refractivity contribution is 0.127. The highest BCUT2D eigenvalue weighted by atomic mass is 15.1. The summed E-state index contributed by atoms with van der Waals surface area (Å²) in [6.45, 7) is 10.9. The first-order chi connectivity index (χ1) is 9.28. The summed E-state index contributed by atoms with van der Waals surface area (Å²) in [5, 5.41) is 3.66.